The van der Waals surface area contributed by atoms with Crippen LogP contribution in [0.4, 0.5) is 4.79 Å². The van der Waals surface area contributed by atoms with E-state index in [-0.39, 0.29) is 17.9 Å². The zero-order chi connectivity index (χ0) is 16.2. The van der Waals surface area contributed by atoms with Gasteiger partial charge in [0.2, 0.25) is 0 Å². The summed E-state index contributed by atoms with van der Waals surface area (Å²) in [4.78, 5) is 22.9. The summed E-state index contributed by atoms with van der Waals surface area (Å²) in [5.41, 5.74) is -0.00187. The molecule has 1 aromatic rings. The lowest BCUT2D eigenvalue weighted by Crippen LogP contribution is -2.52. The molecule has 116 valence electrons. The van der Waals surface area contributed by atoms with E-state index in [0.717, 1.165) is 0 Å². The first-order valence-electron chi connectivity index (χ1n) is 6.41. The molecule has 0 aliphatic carbocycles. The molecule has 0 saturated carbocycles. The number of benzene rings is 1. The fraction of sp³-hybridized carbons (Fsp3) is 0.429. The molecule has 7 nitrogen and oxygen atoms in total. The molecule has 7 heteroatoms. The molecule has 0 bridgehead atoms. The SMILES string of the molecule is CC(C)(C)NC(=O)N[C@@H](Cc1ccc(O)c(O)c1)C(=O)O. The van der Waals surface area contributed by atoms with E-state index in [0.29, 0.717) is 5.56 Å². The molecule has 0 saturated heterocycles. The normalized spacial score (nSPS) is 12.5. The summed E-state index contributed by atoms with van der Waals surface area (Å²) in [7, 11) is 0. The molecule has 1 atom stereocenters. The number of rotatable bonds is 4. The zero-order valence-corrected chi connectivity index (χ0v) is 12.2. The Labute approximate surface area is 122 Å². The van der Waals surface area contributed by atoms with Gasteiger partial charge in [-0.15, -0.1) is 0 Å². The van der Waals surface area contributed by atoms with Crippen molar-refractivity contribution in [2.24, 2.45) is 0 Å². The number of phenolic OH excluding ortho intramolecular Hbond substituents is 2. The Morgan fingerprint density at radius 3 is 2.29 bits per heavy atom. The number of aromatic hydroxyl groups is 2. The Morgan fingerprint density at radius 2 is 1.81 bits per heavy atom. The number of amides is 2. The molecule has 0 radical (unpaired) electrons. The van der Waals surface area contributed by atoms with Gasteiger partial charge < -0.3 is 26.0 Å². The molecule has 0 aliphatic heterocycles. The summed E-state index contributed by atoms with van der Waals surface area (Å²) in [6, 6.07) is 2.27. The molecule has 5 N–H and O–H groups in total. The highest BCUT2D eigenvalue weighted by molar-refractivity contribution is 5.83. The highest BCUT2D eigenvalue weighted by Crippen LogP contribution is 2.25. The van der Waals surface area contributed by atoms with Crippen LogP contribution in [0.3, 0.4) is 0 Å². The first-order chi connectivity index (χ1) is 9.58. The zero-order valence-electron chi connectivity index (χ0n) is 12.2. The molecule has 0 unspecified atom stereocenters. The second-order valence-electron chi connectivity index (χ2n) is 5.77. The van der Waals surface area contributed by atoms with E-state index < -0.39 is 23.6 Å². The summed E-state index contributed by atoms with van der Waals surface area (Å²) < 4.78 is 0. The van der Waals surface area contributed by atoms with Gasteiger partial charge in [0.15, 0.2) is 11.5 Å². The van der Waals surface area contributed by atoms with Gasteiger partial charge in [0.1, 0.15) is 6.04 Å². The van der Waals surface area contributed by atoms with Crippen molar-refractivity contribution in [2.75, 3.05) is 0 Å². The smallest absolute Gasteiger partial charge is 0.326 e. The van der Waals surface area contributed by atoms with Gasteiger partial charge in [0.05, 0.1) is 0 Å². The minimum Gasteiger partial charge on any atom is -0.504 e. The molecule has 0 fully saturated rings. The van der Waals surface area contributed by atoms with Gasteiger partial charge in [-0.2, -0.15) is 0 Å². The standard InChI is InChI=1S/C14H20N2O5/c1-14(2,3)16-13(21)15-9(12(19)20)6-8-4-5-10(17)11(18)7-8/h4-5,7,9,17-18H,6H2,1-3H3,(H,19,20)(H2,15,16,21)/t9-/m0/s1. The van der Waals surface area contributed by atoms with E-state index in [1.165, 1.54) is 18.2 Å². The molecular weight excluding hydrogens is 276 g/mol. The van der Waals surface area contributed by atoms with Gasteiger partial charge in [-0.1, -0.05) is 6.07 Å². The van der Waals surface area contributed by atoms with Crippen molar-refractivity contribution in [1.82, 2.24) is 10.6 Å². The van der Waals surface area contributed by atoms with Crippen LogP contribution in [0.15, 0.2) is 18.2 Å². The van der Waals surface area contributed by atoms with Crippen LogP contribution in [0.25, 0.3) is 0 Å². The lowest BCUT2D eigenvalue weighted by molar-refractivity contribution is -0.139. The number of hydrogen-bond acceptors (Lipinski definition) is 4. The van der Waals surface area contributed by atoms with Gasteiger partial charge in [-0.25, -0.2) is 9.59 Å². The fourth-order valence-corrected chi connectivity index (χ4v) is 1.67. The summed E-state index contributed by atoms with van der Waals surface area (Å²) in [5, 5.41) is 32.7. The summed E-state index contributed by atoms with van der Waals surface area (Å²) in [6.07, 6.45) is -0.0132. The second kappa shape index (κ2) is 6.34. The second-order valence-corrected chi connectivity index (χ2v) is 5.77. The molecule has 0 heterocycles. The summed E-state index contributed by atoms with van der Waals surface area (Å²) in [6.45, 7) is 5.33. The van der Waals surface area contributed by atoms with Crippen LogP contribution < -0.4 is 10.6 Å². The lowest BCUT2D eigenvalue weighted by atomic mass is 10.1. The quantitative estimate of drug-likeness (QED) is 0.535. The third kappa shape index (κ3) is 5.60. The first kappa shape index (κ1) is 16.6. The largest absolute Gasteiger partial charge is 0.504 e. The molecule has 0 aromatic heterocycles. The van der Waals surface area contributed by atoms with Crippen molar-refractivity contribution in [3.63, 3.8) is 0 Å². The van der Waals surface area contributed by atoms with Crippen molar-refractivity contribution in [2.45, 2.75) is 38.8 Å². The fourth-order valence-electron chi connectivity index (χ4n) is 1.67. The number of hydrogen-bond donors (Lipinski definition) is 5. The van der Waals surface area contributed by atoms with Crippen LogP contribution in [0.5, 0.6) is 11.5 Å². The van der Waals surface area contributed by atoms with Crippen molar-refractivity contribution in [3.05, 3.63) is 23.8 Å². The van der Waals surface area contributed by atoms with E-state index in [2.05, 4.69) is 10.6 Å². The van der Waals surface area contributed by atoms with Crippen molar-refractivity contribution < 1.29 is 24.9 Å². The third-order valence-corrected chi connectivity index (χ3v) is 2.57. The maximum atomic E-state index is 11.7. The maximum absolute atomic E-state index is 11.7. The van der Waals surface area contributed by atoms with Crippen LogP contribution in [0.2, 0.25) is 0 Å². The number of nitrogens with one attached hydrogen (secondary N) is 2. The monoisotopic (exact) mass is 296 g/mol. The molecule has 2 amide bonds. The number of aliphatic carboxylic acids is 1. The lowest BCUT2D eigenvalue weighted by Gasteiger charge is -2.23. The Hall–Kier alpha value is -2.44. The first-order valence-corrected chi connectivity index (χ1v) is 6.41. The average Bonchev–Trinajstić information content (AvgIpc) is 2.30. The molecular formula is C14H20N2O5. The minimum absolute atomic E-state index is 0.0132. The maximum Gasteiger partial charge on any atom is 0.326 e. The number of phenols is 2. The van der Waals surface area contributed by atoms with Crippen LogP contribution in [-0.2, 0) is 11.2 Å². The summed E-state index contributed by atoms with van der Waals surface area (Å²) in [5.74, 6) is -1.81. The predicted molar refractivity (Wildman–Crippen MR) is 76.3 cm³/mol. The van der Waals surface area contributed by atoms with Gasteiger partial charge in [0, 0.05) is 12.0 Å². The average molecular weight is 296 g/mol. The third-order valence-electron chi connectivity index (χ3n) is 2.57. The molecule has 0 aliphatic rings. The van der Waals surface area contributed by atoms with Gasteiger partial charge >= 0.3 is 12.0 Å². The van der Waals surface area contributed by atoms with Gasteiger partial charge in [-0.05, 0) is 38.5 Å². The predicted octanol–water partition coefficient (Wildman–Crippen LogP) is 1.19. The van der Waals surface area contributed by atoms with E-state index in [1.807, 2.05) is 0 Å². The highest BCUT2D eigenvalue weighted by atomic mass is 16.4. The molecule has 1 aromatic carbocycles. The highest BCUT2D eigenvalue weighted by Gasteiger charge is 2.23. The topological polar surface area (TPSA) is 119 Å². The van der Waals surface area contributed by atoms with Crippen molar-refractivity contribution in [1.29, 1.82) is 0 Å². The van der Waals surface area contributed by atoms with E-state index in [1.54, 1.807) is 20.8 Å². The molecule has 1 rings (SSSR count). The van der Waals surface area contributed by atoms with Gasteiger partial charge in [-0.3, -0.25) is 0 Å². The number of carboxylic acids is 1. The van der Waals surface area contributed by atoms with E-state index in [4.69, 9.17) is 5.11 Å². The van der Waals surface area contributed by atoms with Crippen LogP contribution in [0, 0.1) is 0 Å². The Balaban J connectivity index is 2.76. The van der Waals surface area contributed by atoms with Crippen LogP contribution >= 0.6 is 0 Å². The number of carbonyl (C=O) groups excluding carboxylic acids is 1. The van der Waals surface area contributed by atoms with E-state index in [9.17, 15) is 19.8 Å². The van der Waals surface area contributed by atoms with E-state index >= 15 is 0 Å². The van der Waals surface area contributed by atoms with Gasteiger partial charge in [0.25, 0.3) is 0 Å². The summed E-state index contributed by atoms with van der Waals surface area (Å²) >= 11 is 0. The number of carboxylic acid groups (broad SMARTS) is 1. The molecule has 0 spiro atoms. The number of urea groups is 1. The number of carbonyl (C=O) groups is 2. The Kier molecular flexibility index (Phi) is 5.02. The molecule has 21 heavy (non-hydrogen) atoms. The van der Waals surface area contributed by atoms with Crippen molar-refractivity contribution in [3.8, 4) is 11.5 Å². The van der Waals surface area contributed by atoms with Crippen LogP contribution in [-0.4, -0.2) is 38.9 Å². The van der Waals surface area contributed by atoms with Crippen LogP contribution in [0.1, 0.15) is 26.3 Å². The Bertz CT molecular complexity index is 537. The minimum atomic E-state index is -1.19. The Morgan fingerprint density at radius 1 is 1.19 bits per heavy atom. The van der Waals surface area contributed by atoms with Crippen molar-refractivity contribution >= 4 is 12.0 Å².